The number of hydrogen-bond donors (Lipinski definition) is 1. The van der Waals surface area contributed by atoms with E-state index in [0.717, 1.165) is 23.2 Å². The van der Waals surface area contributed by atoms with Crippen molar-refractivity contribution >= 4 is 11.6 Å². The lowest BCUT2D eigenvalue weighted by Crippen LogP contribution is -1.98. The van der Waals surface area contributed by atoms with E-state index in [1.807, 2.05) is 30.6 Å². The predicted octanol–water partition coefficient (Wildman–Crippen LogP) is 5.09. The Balaban J connectivity index is 1.68. The molecular formula is C20H21N3. The quantitative estimate of drug-likeness (QED) is 0.713. The lowest BCUT2D eigenvalue weighted by Gasteiger charge is -2.08. The molecule has 3 rings (SSSR count). The summed E-state index contributed by atoms with van der Waals surface area (Å²) < 4.78 is 0. The first-order valence-corrected chi connectivity index (χ1v) is 7.94. The summed E-state index contributed by atoms with van der Waals surface area (Å²) in [5, 5.41) is 3.24. The molecule has 23 heavy (non-hydrogen) atoms. The van der Waals surface area contributed by atoms with Crippen molar-refractivity contribution in [2.45, 2.75) is 20.3 Å². The highest BCUT2D eigenvalue weighted by Gasteiger charge is 2.02. The van der Waals surface area contributed by atoms with Crippen LogP contribution in [0, 0.1) is 5.92 Å². The molecule has 1 aromatic heterocycles. The molecule has 0 aliphatic rings. The fraction of sp³-hybridized carbons (Fsp3) is 0.200. The highest BCUT2D eigenvalue weighted by Crippen LogP contribution is 2.19. The van der Waals surface area contributed by atoms with Gasteiger partial charge in [-0.25, -0.2) is 9.97 Å². The monoisotopic (exact) mass is 303 g/mol. The maximum atomic E-state index is 4.40. The van der Waals surface area contributed by atoms with Crippen molar-refractivity contribution in [2.24, 2.45) is 5.92 Å². The molecule has 0 aliphatic carbocycles. The minimum Gasteiger partial charge on any atom is -0.324 e. The summed E-state index contributed by atoms with van der Waals surface area (Å²) in [6.45, 7) is 4.46. The van der Waals surface area contributed by atoms with Gasteiger partial charge in [0.2, 0.25) is 5.95 Å². The van der Waals surface area contributed by atoms with Crippen LogP contribution in [0.1, 0.15) is 19.4 Å². The van der Waals surface area contributed by atoms with E-state index in [4.69, 9.17) is 0 Å². The summed E-state index contributed by atoms with van der Waals surface area (Å²) in [7, 11) is 0. The van der Waals surface area contributed by atoms with Crippen molar-refractivity contribution in [3.8, 4) is 11.1 Å². The summed E-state index contributed by atoms with van der Waals surface area (Å²) in [5.74, 6) is 1.28. The standard InChI is InChI=1S/C20H21N3/c1-15(2)12-16-8-10-19(11-9-16)23-20-21-13-18(14-22-20)17-6-4-3-5-7-17/h3-11,13-15H,12H2,1-2H3,(H,21,22,23). The Hall–Kier alpha value is -2.68. The van der Waals surface area contributed by atoms with Gasteiger partial charge in [0, 0.05) is 23.6 Å². The number of aromatic nitrogens is 2. The molecule has 116 valence electrons. The average molecular weight is 303 g/mol. The third kappa shape index (κ3) is 4.16. The Kier molecular flexibility index (Phi) is 4.67. The Labute approximate surface area is 137 Å². The molecule has 0 unspecified atom stereocenters. The lowest BCUT2D eigenvalue weighted by atomic mass is 10.0. The SMILES string of the molecule is CC(C)Cc1ccc(Nc2ncc(-c3ccccc3)cn2)cc1. The maximum Gasteiger partial charge on any atom is 0.227 e. The van der Waals surface area contributed by atoms with E-state index in [1.165, 1.54) is 5.56 Å². The van der Waals surface area contributed by atoms with Crippen molar-refractivity contribution in [2.75, 3.05) is 5.32 Å². The molecule has 0 saturated heterocycles. The highest BCUT2D eigenvalue weighted by molar-refractivity contribution is 5.62. The van der Waals surface area contributed by atoms with E-state index in [-0.39, 0.29) is 0 Å². The first-order valence-electron chi connectivity index (χ1n) is 7.94. The molecule has 1 heterocycles. The van der Waals surface area contributed by atoms with Gasteiger partial charge in [-0.05, 0) is 35.6 Å². The maximum absolute atomic E-state index is 4.40. The van der Waals surface area contributed by atoms with Crippen molar-refractivity contribution in [3.63, 3.8) is 0 Å². The van der Waals surface area contributed by atoms with Gasteiger partial charge in [-0.1, -0.05) is 56.3 Å². The molecule has 0 bridgehead atoms. The number of nitrogens with zero attached hydrogens (tertiary/aromatic N) is 2. The van der Waals surface area contributed by atoms with Gasteiger partial charge in [0.15, 0.2) is 0 Å². The first-order chi connectivity index (χ1) is 11.2. The second kappa shape index (κ2) is 7.05. The van der Waals surface area contributed by atoms with Gasteiger partial charge in [-0.2, -0.15) is 0 Å². The van der Waals surface area contributed by atoms with Crippen LogP contribution < -0.4 is 5.32 Å². The normalized spacial score (nSPS) is 10.7. The fourth-order valence-electron chi connectivity index (χ4n) is 2.50. The minimum absolute atomic E-state index is 0.612. The zero-order chi connectivity index (χ0) is 16.1. The molecule has 0 saturated carbocycles. The number of anilines is 2. The highest BCUT2D eigenvalue weighted by atomic mass is 15.1. The van der Waals surface area contributed by atoms with Gasteiger partial charge in [-0.15, -0.1) is 0 Å². The smallest absolute Gasteiger partial charge is 0.227 e. The van der Waals surface area contributed by atoms with Crippen molar-refractivity contribution in [3.05, 3.63) is 72.6 Å². The van der Waals surface area contributed by atoms with Gasteiger partial charge in [0.1, 0.15) is 0 Å². The second-order valence-corrected chi connectivity index (χ2v) is 6.08. The molecule has 0 aliphatic heterocycles. The van der Waals surface area contributed by atoms with E-state index < -0.39 is 0 Å². The molecule has 3 nitrogen and oxygen atoms in total. The third-order valence-electron chi connectivity index (χ3n) is 3.61. The summed E-state index contributed by atoms with van der Waals surface area (Å²) in [5.41, 5.74) is 4.50. The van der Waals surface area contributed by atoms with Crippen LogP contribution in [-0.4, -0.2) is 9.97 Å². The van der Waals surface area contributed by atoms with Crippen LogP contribution in [0.25, 0.3) is 11.1 Å². The summed E-state index contributed by atoms with van der Waals surface area (Å²) >= 11 is 0. The molecule has 2 aromatic carbocycles. The van der Waals surface area contributed by atoms with Crippen LogP contribution in [0.15, 0.2) is 67.0 Å². The van der Waals surface area contributed by atoms with E-state index >= 15 is 0 Å². The van der Waals surface area contributed by atoms with E-state index in [2.05, 4.69) is 65.5 Å². The number of benzene rings is 2. The van der Waals surface area contributed by atoms with Gasteiger partial charge < -0.3 is 5.32 Å². The number of hydrogen-bond acceptors (Lipinski definition) is 3. The van der Waals surface area contributed by atoms with Crippen LogP contribution in [0.4, 0.5) is 11.6 Å². The summed E-state index contributed by atoms with van der Waals surface area (Å²) in [6, 6.07) is 18.6. The van der Waals surface area contributed by atoms with Crippen LogP contribution in [0.3, 0.4) is 0 Å². The summed E-state index contributed by atoms with van der Waals surface area (Å²) in [6.07, 6.45) is 4.79. The topological polar surface area (TPSA) is 37.8 Å². The molecule has 0 atom stereocenters. The summed E-state index contributed by atoms with van der Waals surface area (Å²) in [4.78, 5) is 8.80. The molecule has 1 N–H and O–H groups in total. The second-order valence-electron chi connectivity index (χ2n) is 6.08. The van der Waals surface area contributed by atoms with Crippen LogP contribution in [0.2, 0.25) is 0 Å². The Morgan fingerprint density at radius 2 is 1.48 bits per heavy atom. The van der Waals surface area contributed by atoms with Gasteiger partial charge in [0.25, 0.3) is 0 Å². The third-order valence-corrected chi connectivity index (χ3v) is 3.61. The molecule has 0 radical (unpaired) electrons. The molecule has 0 spiro atoms. The van der Waals surface area contributed by atoms with Crippen LogP contribution in [0.5, 0.6) is 0 Å². The van der Waals surface area contributed by atoms with E-state index in [9.17, 15) is 0 Å². The Bertz CT molecular complexity index is 732. The van der Waals surface area contributed by atoms with Crippen LogP contribution >= 0.6 is 0 Å². The van der Waals surface area contributed by atoms with Crippen LogP contribution in [-0.2, 0) is 6.42 Å². The lowest BCUT2D eigenvalue weighted by molar-refractivity contribution is 0.647. The van der Waals surface area contributed by atoms with Crippen molar-refractivity contribution in [1.82, 2.24) is 9.97 Å². The van der Waals surface area contributed by atoms with Gasteiger partial charge >= 0.3 is 0 Å². The predicted molar refractivity (Wildman–Crippen MR) is 95.7 cm³/mol. The molecule has 0 fully saturated rings. The molecular weight excluding hydrogens is 282 g/mol. The van der Waals surface area contributed by atoms with Gasteiger partial charge in [-0.3, -0.25) is 0 Å². The van der Waals surface area contributed by atoms with Gasteiger partial charge in [0.05, 0.1) is 0 Å². The number of nitrogens with one attached hydrogen (secondary N) is 1. The zero-order valence-electron chi connectivity index (χ0n) is 13.5. The van der Waals surface area contributed by atoms with Crippen molar-refractivity contribution in [1.29, 1.82) is 0 Å². The van der Waals surface area contributed by atoms with E-state index in [0.29, 0.717) is 11.9 Å². The Morgan fingerprint density at radius 3 is 2.09 bits per heavy atom. The van der Waals surface area contributed by atoms with E-state index in [1.54, 1.807) is 0 Å². The minimum atomic E-state index is 0.612. The molecule has 0 amide bonds. The molecule has 3 heteroatoms. The average Bonchev–Trinajstić information content (AvgIpc) is 2.58. The fourth-order valence-corrected chi connectivity index (χ4v) is 2.50. The van der Waals surface area contributed by atoms with Crippen molar-refractivity contribution < 1.29 is 0 Å². The molecule has 3 aromatic rings. The Morgan fingerprint density at radius 1 is 0.826 bits per heavy atom. The number of rotatable bonds is 5. The largest absolute Gasteiger partial charge is 0.324 e. The zero-order valence-corrected chi connectivity index (χ0v) is 13.5. The first kappa shape index (κ1) is 15.2.